The van der Waals surface area contributed by atoms with Crippen LogP contribution in [0.25, 0.3) is 0 Å². The summed E-state index contributed by atoms with van der Waals surface area (Å²) in [4.78, 5) is 34.9. The topological polar surface area (TPSA) is 137 Å². The number of nitrogens with one attached hydrogen (secondary N) is 1. The number of carbonyl (C=O) groups excluding carboxylic acids is 1. The first kappa shape index (κ1) is 20.7. The molecule has 1 atom stereocenters. The average Bonchev–Trinajstić information content (AvgIpc) is 2.50. The fourth-order valence-electron chi connectivity index (χ4n) is 2.12. The van der Waals surface area contributed by atoms with Crippen LogP contribution < -0.4 is 5.32 Å². The number of nitrogens with zero attached hydrogens (tertiary/aromatic N) is 1. The molecule has 0 aromatic heterocycles. The molecule has 1 amide bonds. The summed E-state index contributed by atoms with van der Waals surface area (Å²) in [5.74, 6) is -2.84. The molecule has 0 aliphatic heterocycles. The second kappa shape index (κ2) is 8.16. The summed E-state index contributed by atoms with van der Waals surface area (Å²) >= 11 is 0. The van der Waals surface area contributed by atoms with Crippen LogP contribution in [0.15, 0.2) is 36.4 Å². The second-order valence-corrected chi connectivity index (χ2v) is 6.56. The molecular formula is C18H20N2O6. The van der Waals surface area contributed by atoms with Gasteiger partial charge in [-0.05, 0) is 44.5 Å². The highest BCUT2D eigenvalue weighted by Gasteiger charge is 2.39. The Balaban J connectivity index is 3.29. The van der Waals surface area contributed by atoms with E-state index >= 15 is 0 Å². The number of rotatable bonds is 6. The van der Waals surface area contributed by atoms with Gasteiger partial charge in [0.1, 0.15) is 5.60 Å². The molecule has 138 valence electrons. The lowest BCUT2D eigenvalue weighted by atomic mass is 9.89. The number of hydrogen-bond donors (Lipinski definition) is 3. The SMILES string of the molecule is CC(C)(C)OC(=O)N[C@@](C=CC(=O)O)(Cc1cccc(C#N)c1)C(=O)O. The van der Waals surface area contributed by atoms with Crippen molar-refractivity contribution in [2.45, 2.75) is 38.3 Å². The van der Waals surface area contributed by atoms with E-state index in [-0.39, 0.29) is 6.42 Å². The highest BCUT2D eigenvalue weighted by Crippen LogP contribution is 2.19. The van der Waals surface area contributed by atoms with Gasteiger partial charge in [-0.25, -0.2) is 14.4 Å². The van der Waals surface area contributed by atoms with Gasteiger partial charge in [-0.3, -0.25) is 0 Å². The molecule has 0 spiro atoms. The van der Waals surface area contributed by atoms with Gasteiger partial charge in [0.05, 0.1) is 11.6 Å². The largest absolute Gasteiger partial charge is 0.479 e. The molecule has 0 fully saturated rings. The van der Waals surface area contributed by atoms with Gasteiger partial charge in [0.15, 0.2) is 5.54 Å². The number of hydrogen-bond acceptors (Lipinski definition) is 5. The Bertz CT molecular complexity index is 773. The van der Waals surface area contributed by atoms with E-state index in [1.54, 1.807) is 39.0 Å². The standard InChI is InChI=1S/C18H20N2O6/c1-17(2,3)26-16(25)20-18(15(23)24,8-7-14(21)22)10-12-5-4-6-13(9-12)11-19/h4-9H,10H2,1-3H3,(H,20,25)(H,21,22)(H,23,24)/t18-/m0/s1. The third-order valence-electron chi connectivity index (χ3n) is 3.16. The molecule has 0 heterocycles. The Morgan fingerprint density at radius 2 is 1.92 bits per heavy atom. The van der Waals surface area contributed by atoms with Gasteiger partial charge in [0, 0.05) is 12.5 Å². The molecule has 0 radical (unpaired) electrons. The summed E-state index contributed by atoms with van der Waals surface area (Å²) in [6.07, 6.45) is 0.229. The van der Waals surface area contributed by atoms with Crippen LogP contribution in [0.3, 0.4) is 0 Å². The van der Waals surface area contributed by atoms with Crippen molar-refractivity contribution >= 4 is 18.0 Å². The zero-order valence-electron chi connectivity index (χ0n) is 14.6. The lowest BCUT2D eigenvalue weighted by Gasteiger charge is -2.29. The average molecular weight is 360 g/mol. The number of amides is 1. The van der Waals surface area contributed by atoms with Crippen LogP contribution in [0, 0.1) is 11.3 Å². The summed E-state index contributed by atoms with van der Waals surface area (Å²) in [7, 11) is 0. The molecule has 1 rings (SSSR count). The fraction of sp³-hybridized carbons (Fsp3) is 0.333. The highest BCUT2D eigenvalue weighted by atomic mass is 16.6. The van der Waals surface area contributed by atoms with Crippen LogP contribution in [0.1, 0.15) is 31.9 Å². The van der Waals surface area contributed by atoms with E-state index in [1.165, 1.54) is 6.07 Å². The maximum atomic E-state index is 12.1. The summed E-state index contributed by atoms with van der Waals surface area (Å²) in [6.45, 7) is 4.83. The van der Waals surface area contributed by atoms with Crippen LogP contribution in [0.5, 0.6) is 0 Å². The van der Waals surface area contributed by atoms with Crippen LogP contribution in [-0.4, -0.2) is 39.4 Å². The van der Waals surface area contributed by atoms with Gasteiger partial charge < -0.3 is 20.3 Å². The van der Waals surface area contributed by atoms with Gasteiger partial charge in [-0.2, -0.15) is 5.26 Å². The predicted molar refractivity (Wildman–Crippen MR) is 91.4 cm³/mol. The molecule has 0 aliphatic carbocycles. The maximum Gasteiger partial charge on any atom is 0.408 e. The summed E-state index contributed by atoms with van der Waals surface area (Å²) < 4.78 is 5.09. The van der Waals surface area contributed by atoms with Gasteiger partial charge in [0.2, 0.25) is 0 Å². The third-order valence-corrected chi connectivity index (χ3v) is 3.16. The molecule has 8 heteroatoms. The maximum absolute atomic E-state index is 12.1. The smallest absolute Gasteiger partial charge is 0.408 e. The monoisotopic (exact) mass is 360 g/mol. The van der Waals surface area contributed by atoms with Crippen molar-refractivity contribution in [3.8, 4) is 6.07 Å². The quantitative estimate of drug-likeness (QED) is 0.661. The first-order valence-electron chi connectivity index (χ1n) is 7.63. The minimum Gasteiger partial charge on any atom is -0.479 e. The molecule has 26 heavy (non-hydrogen) atoms. The van der Waals surface area contributed by atoms with Crippen molar-refractivity contribution in [2.24, 2.45) is 0 Å². The van der Waals surface area contributed by atoms with Crippen LogP contribution in [0.4, 0.5) is 4.79 Å². The van der Waals surface area contributed by atoms with E-state index in [2.05, 4.69) is 5.32 Å². The molecule has 0 saturated carbocycles. The van der Waals surface area contributed by atoms with Gasteiger partial charge >= 0.3 is 18.0 Å². The number of benzene rings is 1. The Hall–Kier alpha value is -3.34. The van der Waals surface area contributed by atoms with E-state index < -0.39 is 29.2 Å². The summed E-state index contributed by atoms with van der Waals surface area (Å²) in [5, 5.41) is 29.8. The first-order valence-corrected chi connectivity index (χ1v) is 7.63. The summed E-state index contributed by atoms with van der Waals surface area (Å²) in [6, 6.07) is 8.07. The Kier molecular flexibility index (Phi) is 6.50. The van der Waals surface area contributed by atoms with E-state index in [9.17, 15) is 19.5 Å². The number of carboxylic acid groups (broad SMARTS) is 2. The predicted octanol–water partition coefficient (Wildman–Crippen LogP) is 2.09. The van der Waals surface area contributed by atoms with E-state index in [4.69, 9.17) is 15.1 Å². The normalized spacial score (nSPS) is 13.5. The van der Waals surface area contributed by atoms with Gasteiger partial charge in [-0.15, -0.1) is 0 Å². The molecule has 0 bridgehead atoms. The molecule has 0 aliphatic rings. The van der Waals surface area contributed by atoms with Gasteiger partial charge in [0.25, 0.3) is 0 Å². The number of carbonyl (C=O) groups is 3. The zero-order valence-corrected chi connectivity index (χ0v) is 14.6. The summed E-state index contributed by atoms with van der Waals surface area (Å²) in [5.41, 5.74) is -2.20. The molecule has 3 N–H and O–H groups in total. The minimum absolute atomic E-state index is 0.277. The van der Waals surface area contributed by atoms with E-state index in [0.717, 1.165) is 6.08 Å². The fourth-order valence-corrected chi connectivity index (χ4v) is 2.12. The minimum atomic E-state index is -2.06. The molecular weight excluding hydrogens is 340 g/mol. The molecule has 1 aromatic rings. The van der Waals surface area contributed by atoms with Crippen molar-refractivity contribution < 1.29 is 29.3 Å². The van der Waals surface area contributed by atoms with Crippen molar-refractivity contribution in [1.29, 1.82) is 5.26 Å². The van der Waals surface area contributed by atoms with Crippen molar-refractivity contribution in [2.75, 3.05) is 0 Å². The van der Waals surface area contributed by atoms with Crippen molar-refractivity contribution in [1.82, 2.24) is 5.32 Å². The second-order valence-electron chi connectivity index (χ2n) is 6.56. The number of aliphatic carboxylic acids is 2. The van der Waals surface area contributed by atoms with E-state index in [0.29, 0.717) is 17.2 Å². The lowest BCUT2D eigenvalue weighted by molar-refractivity contribution is -0.142. The molecule has 0 saturated heterocycles. The molecule has 1 aromatic carbocycles. The van der Waals surface area contributed by atoms with Crippen molar-refractivity contribution in [3.63, 3.8) is 0 Å². The molecule has 0 unspecified atom stereocenters. The molecule has 8 nitrogen and oxygen atoms in total. The Labute approximate surface area is 150 Å². The van der Waals surface area contributed by atoms with Crippen LogP contribution >= 0.6 is 0 Å². The number of alkyl carbamates (subject to hydrolysis) is 1. The number of nitriles is 1. The third kappa shape index (κ3) is 6.28. The van der Waals surface area contributed by atoms with Crippen molar-refractivity contribution in [3.05, 3.63) is 47.5 Å². The van der Waals surface area contributed by atoms with Crippen LogP contribution in [0.2, 0.25) is 0 Å². The number of carboxylic acids is 2. The number of ether oxygens (including phenoxy) is 1. The zero-order chi connectivity index (χ0) is 20.0. The van der Waals surface area contributed by atoms with E-state index in [1.807, 2.05) is 6.07 Å². The Morgan fingerprint density at radius 1 is 1.27 bits per heavy atom. The lowest BCUT2D eigenvalue weighted by Crippen LogP contribution is -2.55. The highest BCUT2D eigenvalue weighted by molar-refractivity contribution is 5.89. The van der Waals surface area contributed by atoms with Crippen LogP contribution in [-0.2, 0) is 20.7 Å². The first-order chi connectivity index (χ1) is 12.0. The van der Waals surface area contributed by atoms with Gasteiger partial charge in [-0.1, -0.05) is 12.1 Å². The Morgan fingerprint density at radius 3 is 2.42 bits per heavy atom.